The summed E-state index contributed by atoms with van der Waals surface area (Å²) in [5, 5.41) is 2.88. The lowest BCUT2D eigenvalue weighted by atomic mass is 10.0. The van der Waals surface area contributed by atoms with E-state index in [1.54, 1.807) is 29.2 Å². The molecule has 6 nitrogen and oxygen atoms in total. The van der Waals surface area contributed by atoms with Crippen molar-refractivity contribution in [2.45, 2.75) is 39.2 Å². The summed E-state index contributed by atoms with van der Waals surface area (Å²) in [7, 11) is 0. The van der Waals surface area contributed by atoms with Gasteiger partial charge in [0.25, 0.3) is 5.91 Å². The summed E-state index contributed by atoms with van der Waals surface area (Å²) in [6.45, 7) is 4.45. The highest BCUT2D eigenvalue weighted by atomic mass is 16.2. The summed E-state index contributed by atoms with van der Waals surface area (Å²) >= 11 is 0. The van der Waals surface area contributed by atoms with Gasteiger partial charge >= 0.3 is 0 Å². The Morgan fingerprint density at radius 3 is 2.66 bits per heavy atom. The number of amides is 3. The molecule has 0 saturated carbocycles. The Bertz CT molecular complexity index is 985. The van der Waals surface area contributed by atoms with Crippen molar-refractivity contribution in [3.05, 3.63) is 59.2 Å². The lowest BCUT2D eigenvalue weighted by Crippen LogP contribution is -2.52. The standard InChI is InChI=1S/C23H25N3O3/c1-15-10-11-17(13-16(15)2)24-21(27)14-26-19-8-4-3-7-18(19)22(28)25-12-6-5-9-20(25)23(26)29/h3-4,7-8,10-11,13,20H,5-6,9,12,14H2,1-2H3,(H,24,27). The second-order valence-electron chi connectivity index (χ2n) is 7.80. The van der Waals surface area contributed by atoms with Gasteiger partial charge in [-0.1, -0.05) is 18.2 Å². The fraction of sp³-hybridized carbons (Fsp3) is 0.348. The van der Waals surface area contributed by atoms with Crippen molar-refractivity contribution < 1.29 is 14.4 Å². The monoisotopic (exact) mass is 391 g/mol. The first-order valence-electron chi connectivity index (χ1n) is 10.0. The minimum Gasteiger partial charge on any atom is -0.327 e. The van der Waals surface area contributed by atoms with Gasteiger partial charge in [-0.15, -0.1) is 0 Å². The number of nitrogens with one attached hydrogen (secondary N) is 1. The zero-order valence-electron chi connectivity index (χ0n) is 16.8. The number of piperidine rings is 1. The Balaban J connectivity index is 1.63. The fourth-order valence-corrected chi connectivity index (χ4v) is 4.10. The van der Waals surface area contributed by atoms with E-state index < -0.39 is 6.04 Å². The van der Waals surface area contributed by atoms with Crippen LogP contribution < -0.4 is 10.2 Å². The first kappa shape index (κ1) is 19.2. The van der Waals surface area contributed by atoms with Crippen LogP contribution in [0.3, 0.4) is 0 Å². The van der Waals surface area contributed by atoms with Crippen molar-refractivity contribution in [1.29, 1.82) is 0 Å². The van der Waals surface area contributed by atoms with Crippen LogP contribution in [0.4, 0.5) is 11.4 Å². The Labute approximate surface area is 170 Å². The quantitative estimate of drug-likeness (QED) is 0.873. The van der Waals surface area contributed by atoms with Gasteiger partial charge < -0.3 is 15.1 Å². The number of para-hydroxylation sites is 1. The Morgan fingerprint density at radius 1 is 1.07 bits per heavy atom. The number of nitrogens with zero attached hydrogens (tertiary/aromatic N) is 2. The number of fused-ring (bicyclic) bond motifs is 2. The molecule has 1 unspecified atom stereocenters. The molecule has 0 aromatic heterocycles. The third-order valence-corrected chi connectivity index (χ3v) is 5.83. The zero-order chi connectivity index (χ0) is 20.5. The van der Waals surface area contributed by atoms with Gasteiger partial charge in [0.05, 0.1) is 11.3 Å². The third kappa shape index (κ3) is 3.62. The van der Waals surface area contributed by atoms with Gasteiger partial charge in [0.1, 0.15) is 12.6 Å². The highest BCUT2D eigenvalue weighted by molar-refractivity contribution is 6.13. The lowest BCUT2D eigenvalue weighted by molar-refractivity contribution is -0.125. The molecule has 150 valence electrons. The van der Waals surface area contributed by atoms with E-state index in [2.05, 4.69) is 5.32 Å². The van der Waals surface area contributed by atoms with E-state index in [4.69, 9.17) is 0 Å². The van der Waals surface area contributed by atoms with E-state index in [1.807, 2.05) is 32.0 Å². The Morgan fingerprint density at radius 2 is 1.86 bits per heavy atom. The molecule has 1 atom stereocenters. The Kier molecular flexibility index (Phi) is 5.09. The normalized spacial score (nSPS) is 18.8. The van der Waals surface area contributed by atoms with Crippen LogP contribution in [0.15, 0.2) is 42.5 Å². The van der Waals surface area contributed by atoms with E-state index in [-0.39, 0.29) is 24.3 Å². The summed E-state index contributed by atoms with van der Waals surface area (Å²) in [4.78, 5) is 42.3. The molecular weight excluding hydrogens is 366 g/mol. The second-order valence-corrected chi connectivity index (χ2v) is 7.80. The Hall–Kier alpha value is -3.15. The van der Waals surface area contributed by atoms with E-state index in [0.717, 1.165) is 24.0 Å². The van der Waals surface area contributed by atoms with Crippen LogP contribution in [0, 0.1) is 13.8 Å². The summed E-state index contributed by atoms with van der Waals surface area (Å²) in [6, 6.07) is 12.3. The van der Waals surface area contributed by atoms with Gasteiger partial charge in [-0.05, 0) is 68.5 Å². The van der Waals surface area contributed by atoms with E-state index in [0.29, 0.717) is 29.9 Å². The number of anilines is 2. The molecule has 0 radical (unpaired) electrons. The number of hydrogen-bond acceptors (Lipinski definition) is 3. The van der Waals surface area contributed by atoms with E-state index in [9.17, 15) is 14.4 Å². The van der Waals surface area contributed by atoms with Gasteiger partial charge in [0, 0.05) is 12.2 Å². The maximum absolute atomic E-state index is 13.3. The maximum Gasteiger partial charge on any atom is 0.256 e. The number of rotatable bonds is 3. The molecular formula is C23H25N3O3. The van der Waals surface area contributed by atoms with Crippen LogP contribution in [-0.2, 0) is 9.59 Å². The number of carbonyl (C=O) groups is 3. The summed E-state index contributed by atoms with van der Waals surface area (Å²) in [5.41, 5.74) is 3.92. The van der Waals surface area contributed by atoms with Crippen LogP contribution in [0.1, 0.15) is 40.7 Å². The van der Waals surface area contributed by atoms with Crippen LogP contribution in [0.25, 0.3) is 0 Å². The lowest BCUT2D eigenvalue weighted by Gasteiger charge is -2.34. The van der Waals surface area contributed by atoms with E-state index in [1.165, 1.54) is 4.90 Å². The molecule has 1 N–H and O–H groups in total. The summed E-state index contributed by atoms with van der Waals surface area (Å²) in [5.74, 6) is -0.595. The molecule has 2 aromatic carbocycles. The third-order valence-electron chi connectivity index (χ3n) is 5.83. The first-order chi connectivity index (χ1) is 14.0. The minimum atomic E-state index is -0.502. The number of benzene rings is 2. The molecule has 2 aliphatic rings. The largest absolute Gasteiger partial charge is 0.327 e. The molecule has 2 aromatic rings. The fourth-order valence-electron chi connectivity index (χ4n) is 4.10. The molecule has 2 heterocycles. The van der Waals surface area contributed by atoms with Crippen molar-refractivity contribution in [2.75, 3.05) is 23.3 Å². The predicted molar refractivity (Wildman–Crippen MR) is 112 cm³/mol. The average Bonchev–Trinajstić information content (AvgIpc) is 2.81. The van der Waals surface area contributed by atoms with Crippen molar-refractivity contribution in [3.8, 4) is 0 Å². The van der Waals surface area contributed by atoms with Crippen molar-refractivity contribution >= 4 is 29.1 Å². The van der Waals surface area contributed by atoms with Gasteiger partial charge in [0.2, 0.25) is 11.8 Å². The average molecular weight is 391 g/mol. The second kappa shape index (κ2) is 7.70. The van der Waals surface area contributed by atoms with Crippen LogP contribution in [-0.4, -0.2) is 41.8 Å². The molecule has 1 saturated heterocycles. The smallest absolute Gasteiger partial charge is 0.256 e. The molecule has 0 aliphatic carbocycles. The van der Waals surface area contributed by atoms with Crippen LogP contribution in [0.5, 0.6) is 0 Å². The maximum atomic E-state index is 13.3. The molecule has 3 amide bonds. The van der Waals surface area contributed by atoms with Gasteiger partial charge in [-0.3, -0.25) is 14.4 Å². The van der Waals surface area contributed by atoms with Crippen molar-refractivity contribution in [2.24, 2.45) is 0 Å². The molecule has 0 spiro atoms. The topological polar surface area (TPSA) is 69.7 Å². The number of carbonyl (C=O) groups excluding carboxylic acids is 3. The molecule has 2 aliphatic heterocycles. The van der Waals surface area contributed by atoms with E-state index >= 15 is 0 Å². The molecule has 29 heavy (non-hydrogen) atoms. The number of hydrogen-bond donors (Lipinski definition) is 1. The SMILES string of the molecule is Cc1ccc(NC(=O)CN2C(=O)C3CCCCN3C(=O)c3ccccc32)cc1C. The van der Waals surface area contributed by atoms with Crippen LogP contribution >= 0.6 is 0 Å². The van der Waals surface area contributed by atoms with Gasteiger partial charge in [0.15, 0.2) is 0 Å². The predicted octanol–water partition coefficient (Wildman–Crippen LogP) is 3.28. The summed E-state index contributed by atoms with van der Waals surface area (Å²) in [6.07, 6.45) is 2.43. The van der Waals surface area contributed by atoms with Crippen molar-refractivity contribution in [3.63, 3.8) is 0 Å². The van der Waals surface area contributed by atoms with Crippen LogP contribution in [0.2, 0.25) is 0 Å². The number of aryl methyl sites for hydroxylation is 2. The van der Waals surface area contributed by atoms with Crippen molar-refractivity contribution in [1.82, 2.24) is 4.90 Å². The zero-order valence-corrected chi connectivity index (χ0v) is 16.8. The highest BCUT2D eigenvalue weighted by Gasteiger charge is 2.40. The summed E-state index contributed by atoms with van der Waals surface area (Å²) < 4.78 is 0. The minimum absolute atomic E-state index is 0.125. The highest BCUT2D eigenvalue weighted by Crippen LogP contribution is 2.31. The van der Waals surface area contributed by atoms with Gasteiger partial charge in [-0.25, -0.2) is 0 Å². The molecule has 0 bridgehead atoms. The van der Waals surface area contributed by atoms with Gasteiger partial charge in [-0.2, -0.15) is 0 Å². The first-order valence-corrected chi connectivity index (χ1v) is 10.0. The molecule has 4 rings (SSSR count). The molecule has 1 fully saturated rings. The molecule has 6 heteroatoms.